The lowest BCUT2D eigenvalue weighted by Gasteiger charge is -2.09. The van der Waals surface area contributed by atoms with E-state index >= 15 is 0 Å². The highest BCUT2D eigenvalue weighted by Gasteiger charge is 2.06. The molecule has 0 atom stereocenters. The Morgan fingerprint density at radius 2 is 2.00 bits per heavy atom. The zero-order chi connectivity index (χ0) is 13.1. The van der Waals surface area contributed by atoms with Gasteiger partial charge in [0.15, 0.2) is 0 Å². The molecular formula is C14H10BrFO2. The maximum atomic E-state index is 13.2. The second-order valence-corrected chi connectivity index (χ2v) is 4.73. The van der Waals surface area contributed by atoms with Gasteiger partial charge in [-0.25, -0.2) is 4.39 Å². The van der Waals surface area contributed by atoms with Crippen molar-refractivity contribution in [3.63, 3.8) is 0 Å². The maximum absolute atomic E-state index is 13.2. The Hall–Kier alpha value is -1.68. The van der Waals surface area contributed by atoms with Gasteiger partial charge in [-0.2, -0.15) is 0 Å². The molecule has 2 aromatic rings. The van der Waals surface area contributed by atoms with Crippen molar-refractivity contribution in [3.8, 4) is 11.5 Å². The van der Waals surface area contributed by atoms with E-state index in [1.165, 1.54) is 12.1 Å². The van der Waals surface area contributed by atoms with Crippen molar-refractivity contribution in [2.24, 2.45) is 0 Å². The second-order valence-electron chi connectivity index (χ2n) is 3.87. The largest absolute Gasteiger partial charge is 0.456 e. The number of aldehydes is 1. The molecule has 0 aliphatic rings. The number of rotatable bonds is 3. The summed E-state index contributed by atoms with van der Waals surface area (Å²) < 4.78 is 19.6. The van der Waals surface area contributed by atoms with E-state index in [2.05, 4.69) is 15.9 Å². The zero-order valence-electron chi connectivity index (χ0n) is 9.61. The number of ether oxygens (including phenoxy) is 1. The quantitative estimate of drug-likeness (QED) is 0.780. The number of hydrogen-bond donors (Lipinski definition) is 0. The van der Waals surface area contributed by atoms with Crippen LogP contribution in [-0.2, 0) is 0 Å². The Kier molecular flexibility index (Phi) is 3.77. The summed E-state index contributed by atoms with van der Waals surface area (Å²) in [6.45, 7) is 1.96. The molecule has 0 aliphatic heterocycles. The molecule has 0 bridgehead atoms. The van der Waals surface area contributed by atoms with Gasteiger partial charge in [-0.05, 0) is 52.7 Å². The molecule has 92 valence electrons. The van der Waals surface area contributed by atoms with E-state index in [0.29, 0.717) is 17.8 Å². The van der Waals surface area contributed by atoms with E-state index in [-0.39, 0.29) is 5.56 Å². The smallest absolute Gasteiger partial charge is 0.150 e. The van der Waals surface area contributed by atoms with Crippen molar-refractivity contribution in [2.45, 2.75) is 6.92 Å². The Labute approximate surface area is 113 Å². The molecule has 18 heavy (non-hydrogen) atoms. The fourth-order valence-corrected chi connectivity index (χ4v) is 2.10. The van der Waals surface area contributed by atoms with Gasteiger partial charge >= 0.3 is 0 Å². The van der Waals surface area contributed by atoms with Gasteiger partial charge in [-0.1, -0.05) is 6.07 Å². The predicted octanol–water partition coefficient (Wildman–Crippen LogP) is 4.50. The van der Waals surface area contributed by atoms with Crippen molar-refractivity contribution >= 4 is 22.2 Å². The summed E-state index contributed by atoms with van der Waals surface area (Å²) in [6, 6.07) is 9.45. The van der Waals surface area contributed by atoms with Gasteiger partial charge in [-0.3, -0.25) is 4.79 Å². The summed E-state index contributed by atoms with van der Waals surface area (Å²) in [4.78, 5) is 10.6. The van der Waals surface area contributed by atoms with Crippen LogP contribution in [0.2, 0.25) is 0 Å². The highest BCUT2D eigenvalue weighted by atomic mass is 79.9. The molecule has 0 saturated heterocycles. The average molecular weight is 309 g/mol. The molecular weight excluding hydrogens is 299 g/mol. The lowest BCUT2D eigenvalue weighted by Crippen LogP contribution is -1.90. The van der Waals surface area contributed by atoms with E-state index in [9.17, 15) is 9.18 Å². The topological polar surface area (TPSA) is 26.3 Å². The summed E-state index contributed by atoms with van der Waals surface area (Å²) in [5, 5.41) is 0. The van der Waals surface area contributed by atoms with Crippen LogP contribution in [0.5, 0.6) is 11.5 Å². The van der Waals surface area contributed by atoms with Crippen LogP contribution in [0.1, 0.15) is 15.9 Å². The van der Waals surface area contributed by atoms with Crippen LogP contribution in [0.15, 0.2) is 40.9 Å². The molecule has 0 heterocycles. The van der Waals surface area contributed by atoms with Gasteiger partial charge in [0.1, 0.15) is 23.6 Å². The standard InChI is InChI=1S/C14H10BrFO2/c1-9-2-3-14(13(15)4-9)18-12-6-10(8-17)5-11(16)7-12/h2-8H,1H3. The zero-order valence-corrected chi connectivity index (χ0v) is 11.2. The minimum atomic E-state index is -0.502. The van der Waals surface area contributed by atoms with Crippen molar-refractivity contribution in [2.75, 3.05) is 0 Å². The predicted molar refractivity (Wildman–Crippen MR) is 70.7 cm³/mol. The van der Waals surface area contributed by atoms with E-state index < -0.39 is 5.82 Å². The molecule has 0 aromatic heterocycles. The fraction of sp³-hybridized carbons (Fsp3) is 0.0714. The fourth-order valence-electron chi connectivity index (χ4n) is 1.53. The molecule has 0 amide bonds. The van der Waals surface area contributed by atoms with Crippen LogP contribution in [-0.4, -0.2) is 6.29 Å². The normalized spacial score (nSPS) is 10.2. The number of aryl methyl sites for hydroxylation is 1. The Morgan fingerprint density at radius 3 is 2.67 bits per heavy atom. The minimum Gasteiger partial charge on any atom is -0.456 e. The first-order valence-corrected chi connectivity index (χ1v) is 6.07. The Bertz CT molecular complexity index is 596. The third kappa shape index (κ3) is 2.96. The van der Waals surface area contributed by atoms with E-state index in [4.69, 9.17) is 4.74 Å². The SMILES string of the molecule is Cc1ccc(Oc2cc(F)cc(C=O)c2)c(Br)c1. The summed E-state index contributed by atoms with van der Waals surface area (Å²) in [5.74, 6) is 0.363. The van der Waals surface area contributed by atoms with Crippen LogP contribution in [0.3, 0.4) is 0 Å². The van der Waals surface area contributed by atoms with Crippen molar-refractivity contribution in [1.82, 2.24) is 0 Å². The van der Waals surface area contributed by atoms with Gasteiger partial charge in [0.05, 0.1) is 4.47 Å². The molecule has 0 saturated carbocycles. The molecule has 0 unspecified atom stereocenters. The van der Waals surface area contributed by atoms with Crippen molar-refractivity contribution in [3.05, 3.63) is 57.8 Å². The number of hydrogen-bond acceptors (Lipinski definition) is 2. The van der Waals surface area contributed by atoms with Crippen molar-refractivity contribution < 1.29 is 13.9 Å². The maximum Gasteiger partial charge on any atom is 0.150 e. The number of carbonyl (C=O) groups excluding carboxylic acids is 1. The molecule has 2 aromatic carbocycles. The Morgan fingerprint density at radius 1 is 1.22 bits per heavy atom. The lowest BCUT2D eigenvalue weighted by atomic mass is 10.2. The molecule has 0 N–H and O–H groups in total. The van der Waals surface area contributed by atoms with Crippen LogP contribution in [0.4, 0.5) is 4.39 Å². The third-order valence-electron chi connectivity index (χ3n) is 2.34. The summed E-state index contributed by atoms with van der Waals surface area (Å²) in [7, 11) is 0. The number of halogens is 2. The van der Waals surface area contributed by atoms with Gasteiger partial charge in [-0.15, -0.1) is 0 Å². The number of benzene rings is 2. The van der Waals surface area contributed by atoms with Crippen LogP contribution >= 0.6 is 15.9 Å². The first-order valence-electron chi connectivity index (χ1n) is 5.28. The monoisotopic (exact) mass is 308 g/mol. The van der Waals surface area contributed by atoms with Crippen LogP contribution in [0.25, 0.3) is 0 Å². The second kappa shape index (κ2) is 5.31. The molecule has 4 heteroatoms. The van der Waals surface area contributed by atoms with Crippen molar-refractivity contribution in [1.29, 1.82) is 0 Å². The summed E-state index contributed by atoms with van der Waals surface area (Å²) >= 11 is 3.37. The van der Waals surface area contributed by atoms with E-state index in [1.54, 1.807) is 6.07 Å². The number of carbonyl (C=O) groups is 1. The average Bonchev–Trinajstić information content (AvgIpc) is 2.32. The van der Waals surface area contributed by atoms with Crippen LogP contribution in [0, 0.1) is 12.7 Å². The lowest BCUT2D eigenvalue weighted by molar-refractivity contribution is 0.112. The molecule has 2 rings (SSSR count). The first kappa shape index (κ1) is 12.8. The molecule has 0 aliphatic carbocycles. The molecule has 0 fully saturated rings. The van der Waals surface area contributed by atoms with Gasteiger partial charge in [0.2, 0.25) is 0 Å². The van der Waals surface area contributed by atoms with Crippen LogP contribution < -0.4 is 4.74 Å². The molecule has 2 nitrogen and oxygen atoms in total. The van der Waals surface area contributed by atoms with E-state index in [0.717, 1.165) is 16.1 Å². The first-order chi connectivity index (χ1) is 8.58. The highest BCUT2D eigenvalue weighted by Crippen LogP contribution is 2.30. The van der Waals surface area contributed by atoms with Gasteiger partial charge < -0.3 is 4.74 Å². The summed E-state index contributed by atoms with van der Waals surface area (Å²) in [5.41, 5.74) is 1.33. The highest BCUT2D eigenvalue weighted by molar-refractivity contribution is 9.10. The minimum absolute atomic E-state index is 0.244. The third-order valence-corrected chi connectivity index (χ3v) is 2.96. The molecule has 0 radical (unpaired) electrons. The van der Waals surface area contributed by atoms with Gasteiger partial charge in [0, 0.05) is 11.6 Å². The molecule has 0 spiro atoms. The Balaban J connectivity index is 2.33. The summed E-state index contributed by atoms with van der Waals surface area (Å²) in [6.07, 6.45) is 0.583. The van der Waals surface area contributed by atoms with Gasteiger partial charge in [0.25, 0.3) is 0 Å². The van der Waals surface area contributed by atoms with E-state index in [1.807, 2.05) is 19.1 Å².